The number of rotatable bonds is 14. The standard InChI is InChI=1S/C19H40O6Si/c1-9-10-11-15(23-13-20-5)17(24-14-21-6)18(16-12-22-16)25-26(7,8)19(2,3)4/h15-18H,9-14H2,1-8H3/t15-,16?,17+,18+/m0/s1. The summed E-state index contributed by atoms with van der Waals surface area (Å²) in [6.45, 7) is 14.6. The lowest BCUT2D eigenvalue weighted by Gasteiger charge is -2.42. The monoisotopic (exact) mass is 392 g/mol. The topological polar surface area (TPSA) is 58.7 Å². The van der Waals surface area contributed by atoms with Crippen molar-refractivity contribution in [3.8, 4) is 0 Å². The highest BCUT2D eigenvalue weighted by Crippen LogP contribution is 2.40. The van der Waals surface area contributed by atoms with Crippen LogP contribution in [0, 0.1) is 0 Å². The van der Waals surface area contributed by atoms with Gasteiger partial charge in [0.1, 0.15) is 31.9 Å². The second kappa shape index (κ2) is 11.1. The van der Waals surface area contributed by atoms with Crippen molar-refractivity contribution in [2.45, 2.75) is 89.5 Å². The van der Waals surface area contributed by atoms with Crippen molar-refractivity contribution in [3.63, 3.8) is 0 Å². The number of hydrogen-bond acceptors (Lipinski definition) is 6. The summed E-state index contributed by atoms with van der Waals surface area (Å²) in [6, 6.07) is 0. The predicted octanol–water partition coefficient (Wildman–Crippen LogP) is 3.94. The van der Waals surface area contributed by atoms with E-state index in [1.165, 1.54) is 0 Å². The SMILES string of the molecule is CCCC[C@H](OCOC)[C@@H](OCOC)[C@H](O[Si](C)(C)C(C)(C)C)C1CO1. The van der Waals surface area contributed by atoms with E-state index in [0.29, 0.717) is 6.61 Å². The van der Waals surface area contributed by atoms with E-state index in [2.05, 4.69) is 40.8 Å². The van der Waals surface area contributed by atoms with Gasteiger partial charge in [0, 0.05) is 14.2 Å². The van der Waals surface area contributed by atoms with Crippen molar-refractivity contribution in [2.75, 3.05) is 34.4 Å². The fourth-order valence-corrected chi connectivity index (χ4v) is 3.90. The van der Waals surface area contributed by atoms with Crippen LogP contribution in [0.5, 0.6) is 0 Å². The molecule has 156 valence electrons. The van der Waals surface area contributed by atoms with E-state index in [9.17, 15) is 0 Å². The van der Waals surface area contributed by atoms with Crippen molar-refractivity contribution in [1.82, 2.24) is 0 Å². The van der Waals surface area contributed by atoms with Gasteiger partial charge >= 0.3 is 0 Å². The molecular weight excluding hydrogens is 352 g/mol. The first-order chi connectivity index (χ1) is 12.2. The molecule has 0 amide bonds. The first-order valence-electron chi connectivity index (χ1n) is 9.68. The van der Waals surface area contributed by atoms with Gasteiger partial charge in [-0.1, -0.05) is 40.5 Å². The lowest BCUT2D eigenvalue weighted by Crippen LogP contribution is -2.53. The third kappa shape index (κ3) is 7.54. The molecule has 0 aromatic heterocycles. The smallest absolute Gasteiger partial charge is 0.192 e. The van der Waals surface area contributed by atoms with E-state index >= 15 is 0 Å². The first-order valence-corrected chi connectivity index (χ1v) is 12.6. The van der Waals surface area contributed by atoms with Crippen molar-refractivity contribution in [3.05, 3.63) is 0 Å². The predicted molar refractivity (Wildman–Crippen MR) is 105 cm³/mol. The highest BCUT2D eigenvalue weighted by atomic mass is 28.4. The van der Waals surface area contributed by atoms with Crippen molar-refractivity contribution in [2.24, 2.45) is 0 Å². The summed E-state index contributed by atoms with van der Waals surface area (Å²) >= 11 is 0. The molecular formula is C19H40O6Si. The Morgan fingerprint density at radius 2 is 1.65 bits per heavy atom. The van der Waals surface area contributed by atoms with Crippen LogP contribution in [0.15, 0.2) is 0 Å². The van der Waals surface area contributed by atoms with Gasteiger partial charge in [-0.15, -0.1) is 0 Å². The molecule has 0 N–H and O–H groups in total. The lowest BCUT2D eigenvalue weighted by molar-refractivity contribution is -0.186. The summed E-state index contributed by atoms with van der Waals surface area (Å²) in [6.07, 6.45) is 2.56. The second-order valence-corrected chi connectivity index (χ2v) is 13.3. The summed E-state index contributed by atoms with van der Waals surface area (Å²) in [4.78, 5) is 0. The maximum atomic E-state index is 6.74. The molecule has 1 heterocycles. The zero-order chi connectivity index (χ0) is 19.8. The zero-order valence-corrected chi connectivity index (χ0v) is 19.0. The quantitative estimate of drug-likeness (QED) is 0.253. The molecule has 0 spiro atoms. The molecule has 0 radical (unpaired) electrons. The van der Waals surface area contributed by atoms with Gasteiger partial charge in [-0.2, -0.15) is 0 Å². The number of ether oxygens (including phenoxy) is 5. The molecule has 4 atom stereocenters. The van der Waals surface area contributed by atoms with E-state index < -0.39 is 8.32 Å². The normalized spacial score (nSPS) is 21.5. The summed E-state index contributed by atoms with van der Waals surface area (Å²) < 4.78 is 34.8. The number of methoxy groups -OCH3 is 2. The third-order valence-corrected chi connectivity index (χ3v) is 9.75. The van der Waals surface area contributed by atoms with Crippen molar-refractivity contribution < 1.29 is 28.1 Å². The van der Waals surface area contributed by atoms with Crippen LogP contribution < -0.4 is 0 Å². The van der Waals surface area contributed by atoms with Gasteiger partial charge in [0.05, 0.1) is 12.7 Å². The summed E-state index contributed by atoms with van der Waals surface area (Å²) in [7, 11) is 1.28. The van der Waals surface area contributed by atoms with Gasteiger partial charge in [-0.25, -0.2) is 0 Å². The van der Waals surface area contributed by atoms with E-state index in [-0.39, 0.29) is 43.0 Å². The second-order valence-electron chi connectivity index (χ2n) is 8.51. The maximum absolute atomic E-state index is 6.74. The van der Waals surface area contributed by atoms with Crippen LogP contribution in [-0.4, -0.2) is 67.1 Å². The van der Waals surface area contributed by atoms with E-state index in [1.807, 2.05) is 0 Å². The molecule has 1 saturated heterocycles. The third-order valence-electron chi connectivity index (χ3n) is 5.27. The summed E-state index contributed by atoms with van der Waals surface area (Å²) in [5, 5.41) is 0.109. The molecule has 1 aliphatic heterocycles. The van der Waals surface area contributed by atoms with E-state index in [4.69, 9.17) is 28.1 Å². The summed E-state index contributed by atoms with van der Waals surface area (Å²) in [5.74, 6) is 0. The average molecular weight is 393 g/mol. The minimum absolute atomic E-state index is 0.0567. The molecule has 26 heavy (non-hydrogen) atoms. The molecule has 0 aliphatic carbocycles. The average Bonchev–Trinajstić information content (AvgIpc) is 3.39. The lowest BCUT2D eigenvalue weighted by atomic mass is 10.0. The Morgan fingerprint density at radius 3 is 2.12 bits per heavy atom. The van der Waals surface area contributed by atoms with Gasteiger partial charge in [-0.05, 0) is 24.6 Å². The molecule has 7 heteroatoms. The zero-order valence-electron chi connectivity index (χ0n) is 18.0. The molecule has 6 nitrogen and oxygen atoms in total. The van der Waals surface area contributed by atoms with Gasteiger partial charge in [0.25, 0.3) is 0 Å². The fraction of sp³-hybridized carbons (Fsp3) is 1.00. The maximum Gasteiger partial charge on any atom is 0.192 e. The molecule has 0 bridgehead atoms. The van der Waals surface area contributed by atoms with E-state index in [0.717, 1.165) is 19.3 Å². The number of hydrogen-bond donors (Lipinski definition) is 0. The Kier molecular flexibility index (Phi) is 10.2. The van der Waals surface area contributed by atoms with E-state index in [1.54, 1.807) is 14.2 Å². The van der Waals surface area contributed by atoms with Crippen molar-refractivity contribution >= 4 is 8.32 Å². The van der Waals surface area contributed by atoms with Gasteiger partial charge in [0.15, 0.2) is 8.32 Å². The molecule has 0 aromatic carbocycles. The molecule has 1 aliphatic rings. The van der Waals surface area contributed by atoms with Crippen LogP contribution in [0.25, 0.3) is 0 Å². The van der Waals surface area contributed by atoms with Crippen LogP contribution >= 0.6 is 0 Å². The molecule has 1 rings (SSSR count). The molecule has 0 aromatic rings. The first kappa shape index (κ1) is 24.0. The Balaban J connectivity index is 3.01. The minimum Gasteiger partial charge on any atom is -0.408 e. The Bertz CT molecular complexity index is 373. The molecule has 1 fully saturated rings. The number of epoxide rings is 1. The Morgan fingerprint density at radius 1 is 1.08 bits per heavy atom. The highest BCUT2D eigenvalue weighted by molar-refractivity contribution is 6.74. The Hall–Kier alpha value is -0.0231. The molecule has 1 unspecified atom stereocenters. The van der Waals surface area contributed by atoms with Crippen LogP contribution in [0.3, 0.4) is 0 Å². The van der Waals surface area contributed by atoms with Crippen LogP contribution in [0.1, 0.15) is 47.0 Å². The number of unbranched alkanes of at least 4 members (excludes halogenated alkanes) is 1. The van der Waals surface area contributed by atoms with Gasteiger partial charge in [-0.3, -0.25) is 0 Å². The molecule has 0 saturated carbocycles. The van der Waals surface area contributed by atoms with Crippen LogP contribution in [-0.2, 0) is 28.1 Å². The van der Waals surface area contributed by atoms with Crippen molar-refractivity contribution in [1.29, 1.82) is 0 Å². The Labute approximate surface area is 160 Å². The van der Waals surface area contributed by atoms with Crippen LogP contribution in [0.4, 0.5) is 0 Å². The summed E-state index contributed by atoms with van der Waals surface area (Å²) in [5.41, 5.74) is 0. The highest BCUT2D eigenvalue weighted by Gasteiger charge is 2.49. The minimum atomic E-state index is -1.99. The van der Waals surface area contributed by atoms with Gasteiger partial charge in [0.2, 0.25) is 0 Å². The fourth-order valence-electron chi connectivity index (χ4n) is 2.58. The van der Waals surface area contributed by atoms with Gasteiger partial charge < -0.3 is 28.1 Å². The largest absolute Gasteiger partial charge is 0.408 e. The van der Waals surface area contributed by atoms with Crippen LogP contribution in [0.2, 0.25) is 18.1 Å².